The summed E-state index contributed by atoms with van der Waals surface area (Å²) >= 11 is 0. The van der Waals surface area contributed by atoms with Gasteiger partial charge in [0.15, 0.2) is 0 Å². The smallest absolute Gasteiger partial charge is 0.208 e. The lowest BCUT2D eigenvalue weighted by Crippen LogP contribution is -2.29. The minimum atomic E-state index is -2.97. The summed E-state index contributed by atoms with van der Waals surface area (Å²) in [6.07, 6.45) is 14.5. The highest BCUT2D eigenvalue weighted by molar-refractivity contribution is 7.88. The molecule has 0 amide bonds. The molecule has 0 aliphatic heterocycles. The Bertz CT molecular complexity index is 333. The van der Waals surface area contributed by atoms with Gasteiger partial charge in [-0.1, -0.05) is 60.8 Å². The molecule has 0 spiro atoms. The van der Waals surface area contributed by atoms with Gasteiger partial charge < -0.3 is 5.73 Å². The zero-order valence-electron chi connectivity index (χ0n) is 12.9. The molecule has 0 radical (unpaired) electrons. The van der Waals surface area contributed by atoms with Crippen LogP contribution in [-0.4, -0.2) is 27.8 Å². The molecule has 0 atom stereocenters. The molecule has 5 heteroatoms. The molecule has 23 heavy (non-hydrogen) atoms. The Hall–Kier alpha value is -0.130. The maximum atomic E-state index is 10.8. The van der Waals surface area contributed by atoms with Gasteiger partial charge in [0, 0.05) is 6.54 Å². The second-order valence-electron chi connectivity index (χ2n) is 6.36. The van der Waals surface area contributed by atoms with E-state index in [1.807, 2.05) is 0 Å². The van der Waals surface area contributed by atoms with E-state index in [0.717, 1.165) is 12.5 Å². The summed E-state index contributed by atoms with van der Waals surface area (Å²) in [6, 6.07) is 0. The van der Waals surface area contributed by atoms with Gasteiger partial charge in [-0.05, 0) is 44.1 Å². The summed E-state index contributed by atoms with van der Waals surface area (Å²) in [5, 5.41) is 0. The maximum absolute atomic E-state index is 10.8. The quantitative estimate of drug-likeness (QED) is 0.779. The summed E-state index contributed by atoms with van der Waals surface area (Å²) in [5.41, 5.74) is 5.50. The first-order valence-electron chi connectivity index (χ1n) is 8.16. The van der Waals surface area contributed by atoms with Crippen LogP contribution in [0.1, 0.15) is 86.5 Å². The van der Waals surface area contributed by atoms with Crippen molar-refractivity contribution in [1.29, 1.82) is 0 Å². The van der Waals surface area contributed by atoms with Gasteiger partial charge in [-0.3, -0.25) is 0 Å². The van der Waals surface area contributed by atoms with Crippen molar-refractivity contribution in [3.05, 3.63) is 0 Å². The van der Waals surface area contributed by atoms with E-state index < -0.39 is 10.0 Å². The van der Waals surface area contributed by atoms with Crippen molar-refractivity contribution in [3.8, 4) is 0 Å². The molecular weight excluding hydrogens is 308 g/mol. The fraction of sp³-hybridized carbons (Fsp3) is 1.00. The zero-order chi connectivity index (χ0) is 14.8. The van der Waals surface area contributed by atoms with Gasteiger partial charge in [0.25, 0.3) is 0 Å². The predicted octanol–water partition coefficient (Wildman–Crippen LogP) is 4.55. The van der Waals surface area contributed by atoms with Crippen molar-refractivity contribution < 1.29 is 8.42 Å². The van der Waals surface area contributed by atoms with E-state index in [4.69, 9.17) is 5.73 Å². The Morgan fingerprint density at radius 1 is 0.826 bits per heavy atom. The molecule has 0 bridgehead atoms. The SMILES string of the molecule is C.C.C.CS(=O)(=O)NCC1CCCCC1.NCC1CCCCC1. The standard InChI is InChI=1S/C8H17NO2S.C7H15N.3CH4/c1-12(10,11)9-7-8-5-3-2-4-6-8;8-6-7-4-2-1-3-5-7;;;/h8-9H,2-7H2,1H3;7H,1-6,8H2;3*1H4. The van der Waals surface area contributed by atoms with Crippen LogP contribution < -0.4 is 10.5 Å². The third kappa shape index (κ3) is 15.2. The Labute approximate surface area is 147 Å². The van der Waals surface area contributed by atoms with Crippen molar-refractivity contribution in [3.63, 3.8) is 0 Å². The van der Waals surface area contributed by atoms with Gasteiger partial charge >= 0.3 is 0 Å². The van der Waals surface area contributed by atoms with Gasteiger partial charge in [0.05, 0.1) is 6.26 Å². The molecule has 4 nitrogen and oxygen atoms in total. The lowest BCUT2D eigenvalue weighted by molar-refractivity contribution is 0.357. The van der Waals surface area contributed by atoms with E-state index in [2.05, 4.69) is 4.72 Å². The highest BCUT2D eigenvalue weighted by Gasteiger charge is 2.14. The second kappa shape index (κ2) is 15.4. The van der Waals surface area contributed by atoms with Crippen LogP contribution in [0.2, 0.25) is 0 Å². The van der Waals surface area contributed by atoms with Crippen LogP contribution in [0, 0.1) is 11.8 Å². The molecule has 144 valence electrons. The lowest BCUT2D eigenvalue weighted by atomic mass is 9.90. The van der Waals surface area contributed by atoms with E-state index in [9.17, 15) is 8.42 Å². The van der Waals surface area contributed by atoms with Crippen LogP contribution in [-0.2, 0) is 10.0 Å². The van der Waals surface area contributed by atoms with E-state index in [-0.39, 0.29) is 22.3 Å². The topological polar surface area (TPSA) is 72.2 Å². The number of nitrogens with two attached hydrogens (primary N) is 1. The summed E-state index contributed by atoms with van der Waals surface area (Å²) in [6.45, 7) is 1.55. The van der Waals surface area contributed by atoms with Gasteiger partial charge in [-0.15, -0.1) is 0 Å². The van der Waals surface area contributed by atoms with E-state index in [1.54, 1.807) is 0 Å². The highest BCUT2D eigenvalue weighted by atomic mass is 32.2. The van der Waals surface area contributed by atoms with E-state index in [1.165, 1.54) is 70.5 Å². The molecule has 2 rings (SSSR count). The molecule has 2 aliphatic carbocycles. The van der Waals surface area contributed by atoms with Gasteiger partial charge in [0.1, 0.15) is 0 Å². The Balaban J connectivity index is -0.000000325. The molecule has 3 N–H and O–H groups in total. The number of hydrogen-bond donors (Lipinski definition) is 2. The Morgan fingerprint density at radius 2 is 1.22 bits per heavy atom. The Kier molecular flexibility index (Phi) is 18.6. The molecule has 0 heterocycles. The predicted molar refractivity (Wildman–Crippen MR) is 105 cm³/mol. The molecule has 0 aromatic rings. The highest BCUT2D eigenvalue weighted by Crippen LogP contribution is 2.23. The third-order valence-electron chi connectivity index (χ3n) is 4.42. The normalized spacial score (nSPS) is 19.2. The maximum Gasteiger partial charge on any atom is 0.208 e. The molecule has 0 aromatic heterocycles. The average Bonchev–Trinajstić information content (AvgIpc) is 2.47. The monoisotopic (exact) mass is 352 g/mol. The van der Waals surface area contributed by atoms with Crippen LogP contribution in [0.4, 0.5) is 0 Å². The minimum absolute atomic E-state index is 0. The van der Waals surface area contributed by atoms with Crippen molar-refractivity contribution in [1.82, 2.24) is 4.72 Å². The fourth-order valence-electron chi connectivity index (χ4n) is 3.08. The number of sulfonamides is 1. The van der Waals surface area contributed by atoms with Gasteiger partial charge in [-0.25, -0.2) is 13.1 Å². The largest absolute Gasteiger partial charge is 0.330 e. The molecule has 2 aliphatic rings. The van der Waals surface area contributed by atoms with Crippen LogP contribution >= 0.6 is 0 Å². The molecule has 2 fully saturated rings. The minimum Gasteiger partial charge on any atom is -0.330 e. The summed E-state index contributed by atoms with van der Waals surface area (Å²) < 4.78 is 24.1. The zero-order valence-corrected chi connectivity index (χ0v) is 13.8. The fourth-order valence-corrected chi connectivity index (χ4v) is 3.62. The van der Waals surface area contributed by atoms with Crippen LogP contribution in [0.25, 0.3) is 0 Å². The van der Waals surface area contributed by atoms with Crippen molar-refractivity contribution in [2.75, 3.05) is 19.3 Å². The van der Waals surface area contributed by atoms with Crippen LogP contribution in [0.5, 0.6) is 0 Å². The number of nitrogens with one attached hydrogen (secondary N) is 1. The van der Waals surface area contributed by atoms with E-state index in [0.29, 0.717) is 12.5 Å². The Morgan fingerprint density at radius 3 is 1.52 bits per heavy atom. The first-order valence-corrected chi connectivity index (χ1v) is 10.0. The van der Waals surface area contributed by atoms with Crippen molar-refractivity contribution in [2.24, 2.45) is 17.6 Å². The third-order valence-corrected chi connectivity index (χ3v) is 5.11. The molecule has 0 saturated heterocycles. The van der Waals surface area contributed by atoms with Crippen molar-refractivity contribution >= 4 is 10.0 Å². The number of hydrogen-bond acceptors (Lipinski definition) is 3. The summed E-state index contributed by atoms with van der Waals surface area (Å²) in [7, 11) is -2.97. The van der Waals surface area contributed by atoms with Gasteiger partial charge in [-0.2, -0.15) is 0 Å². The van der Waals surface area contributed by atoms with Crippen LogP contribution in [0.15, 0.2) is 0 Å². The van der Waals surface area contributed by atoms with Gasteiger partial charge in [0.2, 0.25) is 10.0 Å². The average molecular weight is 353 g/mol. The molecule has 0 aromatic carbocycles. The second-order valence-corrected chi connectivity index (χ2v) is 8.20. The summed E-state index contributed by atoms with van der Waals surface area (Å²) in [4.78, 5) is 0. The molecule has 0 unspecified atom stereocenters. The lowest BCUT2D eigenvalue weighted by Gasteiger charge is -2.21. The number of rotatable bonds is 4. The molecular formula is C18H44N2O2S. The summed E-state index contributed by atoms with van der Waals surface area (Å²) in [5.74, 6) is 1.44. The van der Waals surface area contributed by atoms with E-state index >= 15 is 0 Å². The van der Waals surface area contributed by atoms with Crippen molar-refractivity contribution in [2.45, 2.75) is 86.5 Å². The first-order chi connectivity index (χ1) is 9.51. The molecule has 2 saturated carbocycles. The van der Waals surface area contributed by atoms with Crippen LogP contribution in [0.3, 0.4) is 0 Å². The first kappa shape index (κ1) is 27.7.